The highest BCUT2D eigenvalue weighted by Gasteiger charge is 2.29. The molecule has 2 heterocycles. The Morgan fingerprint density at radius 3 is 2.54 bits per heavy atom. The molecule has 7 heteroatoms. The molecule has 0 aliphatic carbocycles. The maximum Gasteiger partial charge on any atom is 0.337 e. The summed E-state index contributed by atoms with van der Waals surface area (Å²) in [5.41, 5.74) is 1.30. The fourth-order valence-corrected chi connectivity index (χ4v) is 3.31. The molecule has 0 saturated carbocycles. The number of hydrogen-bond acceptors (Lipinski definition) is 6. The first kappa shape index (κ1) is 16.5. The molecule has 2 aromatic rings. The maximum atomic E-state index is 12.0. The maximum absolute atomic E-state index is 12.0. The molecule has 1 aliphatic heterocycles. The average molecular weight is 359 g/mol. The molecule has 1 aromatic carbocycles. The van der Waals surface area contributed by atoms with Crippen molar-refractivity contribution in [2.24, 2.45) is 0 Å². The summed E-state index contributed by atoms with van der Waals surface area (Å²) in [7, 11) is 2.99. The fraction of sp³-hybridized carbons (Fsp3) is 0.118. The van der Waals surface area contributed by atoms with Gasteiger partial charge in [-0.2, -0.15) is 0 Å². The Balaban J connectivity index is 1.82. The number of amides is 1. The molecule has 1 aliphatic rings. The Bertz CT molecular complexity index is 852. The van der Waals surface area contributed by atoms with Gasteiger partial charge in [0.15, 0.2) is 0 Å². The van der Waals surface area contributed by atoms with Crippen LogP contribution in [0, 0.1) is 0 Å². The van der Waals surface area contributed by atoms with Crippen molar-refractivity contribution in [1.29, 1.82) is 0 Å². The fourth-order valence-electron chi connectivity index (χ4n) is 2.15. The van der Waals surface area contributed by atoms with E-state index in [1.54, 1.807) is 43.5 Å². The summed E-state index contributed by atoms with van der Waals surface area (Å²) >= 11 is 6.34. The Kier molecular flexibility index (Phi) is 4.55. The monoisotopic (exact) mass is 359 g/mol. The molecule has 24 heavy (non-hydrogen) atoms. The number of esters is 1. The molecule has 0 spiro atoms. The molecule has 5 nitrogen and oxygen atoms in total. The van der Waals surface area contributed by atoms with Gasteiger partial charge >= 0.3 is 5.97 Å². The number of carbonyl (C=O) groups excluding carboxylic acids is 2. The van der Waals surface area contributed by atoms with Gasteiger partial charge in [0.2, 0.25) is 0 Å². The lowest BCUT2D eigenvalue weighted by atomic mass is 10.1. The number of furan rings is 1. The molecule has 122 valence electrons. The summed E-state index contributed by atoms with van der Waals surface area (Å²) in [6.45, 7) is 0. The van der Waals surface area contributed by atoms with E-state index in [0.29, 0.717) is 26.3 Å². The average Bonchev–Trinajstić information content (AvgIpc) is 3.16. The second-order valence-electron chi connectivity index (χ2n) is 5.01. The van der Waals surface area contributed by atoms with Gasteiger partial charge in [-0.15, -0.1) is 0 Å². The van der Waals surface area contributed by atoms with Gasteiger partial charge in [-0.3, -0.25) is 9.69 Å². The summed E-state index contributed by atoms with van der Waals surface area (Å²) < 4.78 is 11.0. The summed E-state index contributed by atoms with van der Waals surface area (Å²) in [6, 6.07) is 10.5. The van der Waals surface area contributed by atoms with E-state index >= 15 is 0 Å². The van der Waals surface area contributed by atoms with E-state index in [2.05, 4.69) is 4.74 Å². The predicted molar refractivity (Wildman–Crippen MR) is 96.4 cm³/mol. The number of benzene rings is 1. The molecule has 1 saturated heterocycles. The third kappa shape index (κ3) is 3.13. The first-order valence-corrected chi connectivity index (χ1v) is 8.22. The van der Waals surface area contributed by atoms with Crippen LogP contribution in [0.25, 0.3) is 17.4 Å². The van der Waals surface area contributed by atoms with Gasteiger partial charge in [0.05, 0.1) is 17.6 Å². The zero-order valence-corrected chi connectivity index (χ0v) is 14.6. The molecular weight excluding hydrogens is 346 g/mol. The van der Waals surface area contributed by atoms with Gasteiger partial charge < -0.3 is 9.15 Å². The van der Waals surface area contributed by atoms with Crippen LogP contribution in [0.1, 0.15) is 16.1 Å². The molecule has 1 aromatic heterocycles. The third-order valence-corrected chi connectivity index (χ3v) is 4.96. The molecule has 0 bridgehead atoms. The number of rotatable bonds is 3. The molecule has 0 N–H and O–H groups in total. The number of ether oxygens (including phenoxy) is 1. The van der Waals surface area contributed by atoms with Crippen molar-refractivity contribution in [3.8, 4) is 11.3 Å². The SMILES string of the molecule is COC(=O)c1ccc(-c2ccc(C=C3SC(=S)N(C)C3=O)o2)cc1. The quantitative estimate of drug-likeness (QED) is 0.474. The van der Waals surface area contributed by atoms with Crippen molar-refractivity contribution in [3.63, 3.8) is 0 Å². The number of thiocarbonyl (C=S) groups is 1. The minimum atomic E-state index is -0.386. The largest absolute Gasteiger partial charge is 0.465 e. The highest BCUT2D eigenvalue weighted by Crippen LogP contribution is 2.32. The Morgan fingerprint density at radius 1 is 1.25 bits per heavy atom. The lowest BCUT2D eigenvalue weighted by Gasteiger charge is -2.03. The third-order valence-electron chi connectivity index (χ3n) is 3.48. The van der Waals surface area contributed by atoms with Gasteiger partial charge in [-0.05, 0) is 24.3 Å². The Labute approximate surface area is 148 Å². The van der Waals surface area contributed by atoms with Crippen LogP contribution in [0.4, 0.5) is 0 Å². The van der Waals surface area contributed by atoms with Crippen LogP contribution in [0.2, 0.25) is 0 Å². The van der Waals surface area contributed by atoms with Crippen molar-refractivity contribution in [2.75, 3.05) is 14.2 Å². The van der Waals surface area contributed by atoms with Crippen molar-refractivity contribution in [1.82, 2.24) is 4.90 Å². The van der Waals surface area contributed by atoms with Crippen LogP contribution in [0.3, 0.4) is 0 Å². The van der Waals surface area contributed by atoms with E-state index in [4.69, 9.17) is 16.6 Å². The molecule has 3 rings (SSSR count). The zero-order valence-electron chi connectivity index (χ0n) is 12.9. The van der Waals surface area contributed by atoms with Gasteiger partial charge in [0, 0.05) is 18.7 Å². The predicted octanol–water partition coefficient (Wildman–Crippen LogP) is 3.56. The van der Waals surface area contributed by atoms with E-state index in [0.717, 1.165) is 5.56 Å². The first-order chi connectivity index (χ1) is 11.5. The second kappa shape index (κ2) is 6.62. The van der Waals surface area contributed by atoms with Crippen LogP contribution in [0.15, 0.2) is 45.7 Å². The molecule has 0 radical (unpaired) electrons. The van der Waals surface area contributed by atoms with E-state index in [1.807, 2.05) is 6.07 Å². The smallest absolute Gasteiger partial charge is 0.337 e. The van der Waals surface area contributed by atoms with E-state index in [-0.39, 0.29) is 11.9 Å². The summed E-state index contributed by atoms with van der Waals surface area (Å²) in [5.74, 6) is 0.689. The normalized spacial score (nSPS) is 16.1. The number of nitrogens with zero attached hydrogens (tertiary/aromatic N) is 1. The summed E-state index contributed by atoms with van der Waals surface area (Å²) in [4.78, 5) is 25.4. The minimum Gasteiger partial charge on any atom is -0.465 e. The number of likely N-dealkylation sites (N-methyl/N-ethyl adjacent to an activating group) is 1. The van der Waals surface area contributed by atoms with Crippen LogP contribution in [0.5, 0.6) is 0 Å². The van der Waals surface area contributed by atoms with E-state index in [1.165, 1.54) is 23.8 Å². The summed E-state index contributed by atoms with van der Waals surface area (Å²) in [5, 5.41) is 0. The van der Waals surface area contributed by atoms with Crippen molar-refractivity contribution in [3.05, 3.63) is 52.6 Å². The molecule has 0 unspecified atom stereocenters. The summed E-state index contributed by atoms with van der Waals surface area (Å²) in [6.07, 6.45) is 1.68. The topological polar surface area (TPSA) is 59.8 Å². The van der Waals surface area contributed by atoms with Crippen LogP contribution in [-0.2, 0) is 9.53 Å². The Morgan fingerprint density at radius 2 is 1.96 bits per heavy atom. The van der Waals surface area contributed by atoms with Crippen molar-refractivity contribution in [2.45, 2.75) is 0 Å². The highest BCUT2D eigenvalue weighted by molar-refractivity contribution is 8.26. The van der Waals surface area contributed by atoms with Gasteiger partial charge in [0.25, 0.3) is 5.91 Å². The standard InChI is InChI=1S/C17H13NO4S2/c1-18-15(19)14(24-17(18)23)9-12-7-8-13(22-12)10-3-5-11(6-4-10)16(20)21-2/h3-9H,1-2H3. The molecule has 1 amide bonds. The van der Waals surface area contributed by atoms with Gasteiger partial charge in [0.1, 0.15) is 15.8 Å². The molecular formula is C17H13NO4S2. The first-order valence-electron chi connectivity index (χ1n) is 7.00. The zero-order chi connectivity index (χ0) is 17.3. The van der Waals surface area contributed by atoms with Gasteiger partial charge in [-0.1, -0.05) is 36.1 Å². The number of thioether (sulfide) groups is 1. The van der Waals surface area contributed by atoms with E-state index in [9.17, 15) is 9.59 Å². The highest BCUT2D eigenvalue weighted by atomic mass is 32.2. The lowest BCUT2D eigenvalue weighted by Crippen LogP contribution is -2.22. The minimum absolute atomic E-state index is 0.134. The second-order valence-corrected chi connectivity index (χ2v) is 6.69. The number of carbonyl (C=O) groups is 2. The van der Waals surface area contributed by atoms with Crippen LogP contribution < -0.4 is 0 Å². The number of hydrogen-bond donors (Lipinski definition) is 0. The van der Waals surface area contributed by atoms with Gasteiger partial charge in [-0.25, -0.2) is 4.79 Å². The van der Waals surface area contributed by atoms with E-state index < -0.39 is 0 Å². The Hall–Kier alpha value is -2.38. The lowest BCUT2D eigenvalue weighted by molar-refractivity contribution is -0.121. The van der Waals surface area contributed by atoms with Crippen LogP contribution >= 0.6 is 24.0 Å². The van der Waals surface area contributed by atoms with Crippen molar-refractivity contribution >= 4 is 46.3 Å². The molecule has 1 fully saturated rings. The molecule has 0 atom stereocenters. The number of methoxy groups -OCH3 is 1. The van der Waals surface area contributed by atoms with Crippen LogP contribution in [-0.4, -0.2) is 35.3 Å². The van der Waals surface area contributed by atoms with Crippen molar-refractivity contribution < 1.29 is 18.7 Å².